The third-order valence-electron chi connectivity index (χ3n) is 20.1. The van der Waals surface area contributed by atoms with E-state index in [9.17, 15) is 0 Å². The van der Waals surface area contributed by atoms with E-state index in [1.807, 2.05) is 91.0 Å². The van der Waals surface area contributed by atoms with Crippen molar-refractivity contribution in [1.82, 2.24) is 39.9 Å². The lowest BCUT2D eigenvalue weighted by molar-refractivity contribution is 0.654. The maximum atomic E-state index is 6.79. The van der Waals surface area contributed by atoms with E-state index in [1.54, 1.807) is 6.20 Å². The Hall–Kier alpha value is -14.2. The number of aromatic nitrogens is 8. The minimum absolute atomic E-state index is 0.506. The van der Waals surface area contributed by atoms with Crippen molar-refractivity contribution in [2.75, 3.05) is 0 Å². The third-order valence-corrected chi connectivity index (χ3v) is 20.1. The van der Waals surface area contributed by atoms with Crippen molar-refractivity contribution in [3.8, 4) is 113 Å². The van der Waals surface area contributed by atoms with Crippen molar-refractivity contribution in [3.63, 3.8) is 0 Å². The average Bonchev–Trinajstić information content (AvgIpc) is 1.49. The van der Waals surface area contributed by atoms with E-state index in [0.29, 0.717) is 57.5 Å². The second-order valence-electron chi connectivity index (χ2n) is 26.1. The van der Waals surface area contributed by atoms with Gasteiger partial charge in [0, 0.05) is 83.0 Å². The lowest BCUT2D eigenvalue weighted by Crippen LogP contribution is -2.01. The van der Waals surface area contributed by atoms with Gasteiger partial charge in [-0.1, -0.05) is 237 Å². The number of furan rings is 3. The Morgan fingerprint density at radius 1 is 0.204 bits per heavy atom. The summed E-state index contributed by atoms with van der Waals surface area (Å²) in [5.74, 6) is 3.22. The molecule has 21 aromatic rings. The molecule has 0 saturated heterocycles. The van der Waals surface area contributed by atoms with Gasteiger partial charge in [-0.15, -0.1) is 0 Å². The van der Waals surface area contributed by atoms with Gasteiger partial charge in [0.2, 0.25) is 11.4 Å². The summed E-state index contributed by atoms with van der Waals surface area (Å²) in [5, 5.41) is 14.7. The quantitative estimate of drug-likeness (QED) is 0.121. The van der Waals surface area contributed by atoms with Gasteiger partial charge in [-0.3, -0.25) is 0 Å². The molecule has 0 fully saturated rings. The summed E-state index contributed by atoms with van der Waals surface area (Å²) < 4.78 is 19.9. The van der Waals surface area contributed by atoms with Crippen LogP contribution >= 0.6 is 0 Å². The van der Waals surface area contributed by atoms with Crippen LogP contribution in [0.1, 0.15) is 0 Å². The van der Waals surface area contributed by atoms with Crippen molar-refractivity contribution < 1.29 is 13.3 Å². The normalized spacial score (nSPS) is 11.9. The van der Waals surface area contributed by atoms with Crippen molar-refractivity contribution in [3.05, 3.63) is 316 Å². The Morgan fingerprint density at radius 2 is 0.699 bits per heavy atom. The third kappa shape index (κ3) is 9.66. The molecule has 7 aromatic heterocycles. The Morgan fingerprint density at radius 3 is 1.47 bits per heavy atom. The highest BCUT2D eigenvalue weighted by atomic mass is 16.3. The molecule has 103 heavy (non-hydrogen) atoms. The van der Waals surface area contributed by atoms with Gasteiger partial charge in [0.1, 0.15) is 22.3 Å². The second-order valence-corrected chi connectivity index (χ2v) is 26.1. The summed E-state index contributed by atoms with van der Waals surface area (Å²) in [7, 11) is 0. The van der Waals surface area contributed by atoms with Gasteiger partial charge in [-0.05, 0) is 144 Å². The SMILES string of the molecule is c1ccc(-c2nc(-c3cccc(-c4ccc(-c5ccc(-c6ccc(-c7nc(-c8ccc9ccccc9c8)nc(-c8cccc9oc%10ccccc%10c89)n7)c7c6oc6ncccc67)cc5)cc4)c3)nc(-c3cccc4oc5nc(-c6cc7c8ccccc8ccc7c7ccccc67)ccc5c34)n2)cc1. The van der Waals surface area contributed by atoms with E-state index in [-0.39, 0.29) is 0 Å². The maximum absolute atomic E-state index is 6.79. The van der Waals surface area contributed by atoms with Crippen LogP contribution in [-0.2, 0) is 0 Å². The highest BCUT2D eigenvalue weighted by Gasteiger charge is 2.25. The van der Waals surface area contributed by atoms with Gasteiger partial charge < -0.3 is 13.3 Å². The van der Waals surface area contributed by atoms with E-state index >= 15 is 0 Å². The first-order chi connectivity index (χ1) is 51.0. The first-order valence-electron chi connectivity index (χ1n) is 34.3. The highest BCUT2D eigenvalue weighted by molar-refractivity contribution is 6.22. The number of para-hydroxylation sites is 1. The Kier molecular flexibility index (Phi) is 13.1. The van der Waals surface area contributed by atoms with E-state index in [1.165, 1.54) is 26.9 Å². The van der Waals surface area contributed by atoms with Crippen molar-refractivity contribution >= 4 is 109 Å². The van der Waals surface area contributed by atoms with Crippen LogP contribution in [0.5, 0.6) is 0 Å². The van der Waals surface area contributed by atoms with Gasteiger partial charge in [-0.2, -0.15) is 0 Å². The Balaban J connectivity index is 0.609. The van der Waals surface area contributed by atoms with E-state index in [2.05, 4.69) is 218 Å². The molecular weight excluding hydrogens is 1270 g/mol. The summed E-state index contributed by atoms with van der Waals surface area (Å²) in [5.41, 5.74) is 17.0. The molecule has 0 atom stereocenters. The number of pyridine rings is 2. The lowest BCUT2D eigenvalue weighted by atomic mass is 9.92. The average molecular weight is 1320 g/mol. The van der Waals surface area contributed by atoms with Crippen LogP contribution < -0.4 is 0 Å². The number of hydrogen-bond acceptors (Lipinski definition) is 11. The van der Waals surface area contributed by atoms with Gasteiger partial charge in [0.15, 0.2) is 34.9 Å². The molecule has 0 bridgehead atoms. The van der Waals surface area contributed by atoms with Crippen molar-refractivity contribution in [1.29, 1.82) is 0 Å². The van der Waals surface area contributed by atoms with Crippen LogP contribution in [0.2, 0.25) is 0 Å². The minimum atomic E-state index is 0.506. The zero-order valence-corrected chi connectivity index (χ0v) is 54.8. The second kappa shape index (κ2) is 23.2. The van der Waals surface area contributed by atoms with E-state index < -0.39 is 0 Å². The van der Waals surface area contributed by atoms with Gasteiger partial charge in [-0.25, -0.2) is 39.9 Å². The maximum Gasteiger partial charge on any atom is 0.227 e. The summed E-state index contributed by atoms with van der Waals surface area (Å²) in [6.07, 6.45) is 1.76. The van der Waals surface area contributed by atoms with Crippen LogP contribution in [0.3, 0.4) is 0 Å². The molecule has 478 valence electrons. The molecule has 11 heteroatoms. The molecular formula is C92H52N8O3. The zero-order valence-electron chi connectivity index (χ0n) is 54.8. The number of nitrogens with zero attached hydrogens (tertiary/aromatic N) is 8. The highest BCUT2D eigenvalue weighted by Crippen LogP contribution is 2.45. The molecule has 0 N–H and O–H groups in total. The van der Waals surface area contributed by atoms with Crippen LogP contribution in [0.15, 0.2) is 329 Å². The molecule has 14 aromatic carbocycles. The fourth-order valence-corrected chi connectivity index (χ4v) is 15.2. The monoisotopic (exact) mass is 1320 g/mol. The molecule has 0 spiro atoms. The van der Waals surface area contributed by atoms with Crippen LogP contribution in [-0.4, -0.2) is 39.9 Å². The minimum Gasteiger partial charge on any atom is -0.456 e. The van der Waals surface area contributed by atoms with Gasteiger partial charge >= 0.3 is 0 Å². The van der Waals surface area contributed by atoms with Crippen LogP contribution in [0.25, 0.3) is 222 Å². The molecule has 0 unspecified atom stereocenters. The topological polar surface area (TPSA) is 143 Å². The zero-order chi connectivity index (χ0) is 67.6. The summed E-state index contributed by atoms with van der Waals surface area (Å²) in [6.45, 7) is 0. The molecule has 0 saturated carbocycles. The largest absolute Gasteiger partial charge is 0.456 e. The van der Waals surface area contributed by atoms with Gasteiger partial charge in [0.25, 0.3) is 0 Å². The predicted octanol–water partition coefficient (Wildman–Crippen LogP) is 23.8. The molecule has 0 aliphatic heterocycles. The predicted molar refractivity (Wildman–Crippen MR) is 415 cm³/mol. The Labute approximate surface area is 587 Å². The van der Waals surface area contributed by atoms with E-state index in [4.69, 9.17) is 53.1 Å². The molecule has 0 aliphatic carbocycles. The summed E-state index contributed by atoms with van der Waals surface area (Å²) in [6, 6.07) is 107. The summed E-state index contributed by atoms with van der Waals surface area (Å²) >= 11 is 0. The van der Waals surface area contributed by atoms with Crippen molar-refractivity contribution in [2.45, 2.75) is 0 Å². The van der Waals surface area contributed by atoms with Gasteiger partial charge in [0.05, 0.1) is 5.69 Å². The Bertz CT molecular complexity index is 7060. The van der Waals surface area contributed by atoms with Crippen LogP contribution in [0, 0.1) is 0 Å². The molecule has 0 aliphatic rings. The van der Waals surface area contributed by atoms with E-state index in [0.717, 1.165) is 138 Å². The molecule has 7 heterocycles. The first-order valence-corrected chi connectivity index (χ1v) is 34.3. The molecule has 0 radical (unpaired) electrons. The number of rotatable bonds is 10. The number of benzene rings is 14. The standard InChI is InChI=1S/C92H52N8O3/c1-2-18-59(19-3-1)85-95-86(97-88(96-85)71-28-14-32-80-82(71)74-47-48-77(94-92(74)102-80)76-52-75-64-23-7-6-17-57(64)43-44-68(75)66-24-8-9-25-67(66)76)62-22-12-21-61(50-62)56-35-33-54(34-36-56)55-37-40-58(41-38-55)65-45-46-72(83-73-29-15-49-93-91(73)103-84(65)83)90-99-87(63-42-39-53-16-4-5-20-60(53)51-63)98-89(100-90)70-27-13-31-79-81(70)69-26-10-11-30-78(69)101-79/h1-52H. The summed E-state index contributed by atoms with van der Waals surface area (Å²) in [4.78, 5) is 41.6. The smallest absolute Gasteiger partial charge is 0.227 e. The molecule has 0 amide bonds. The fourth-order valence-electron chi connectivity index (χ4n) is 15.2. The number of hydrogen-bond donors (Lipinski definition) is 0. The molecule has 21 rings (SSSR count). The lowest BCUT2D eigenvalue weighted by Gasteiger charge is -2.12. The van der Waals surface area contributed by atoms with Crippen LogP contribution in [0.4, 0.5) is 0 Å². The molecule has 11 nitrogen and oxygen atoms in total. The van der Waals surface area contributed by atoms with Crippen molar-refractivity contribution in [2.24, 2.45) is 0 Å². The number of fused-ring (bicyclic) bond motifs is 15. The first kappa shape index (κ1) is 57.9. The fraction of sp³-hybridized carbons (Fsp3) is 0.